The highest BCUT2D eigenvalue weighted by molar-refractivity contribution is 7.99. The van der Waals surface area contributed by atoms with Gasteiger partial charge in [-0.05, 0) is 18.1 Å². The number of hydrogen-bond acceptors (Lipinski definition) is 5. The fraction of sp³-hybridized carbons (Fsp3) is 0.455. The summed E-state index contributed by atoms with van der Waals surface area (Å²) in [6, 6.07) is 4.97. The minimum atomic E-state index is -3.29. The first-order valence-corrected chi connectivity index (χ1v) is 8.06. The average molecular weight is 275 g/mol. The molecule has 0 radical (unpaired) electrons. The average Bonchev–Trinajstić information content (AvgIpc) is 2.25. The Morgan fingerprint density at radius 2 is 2.12 bits per heavy atom. The number of sulfone groups is 1. The lowest BCUT2D eigenvalue weighted by Crippen LogP contribution is -2.06. The van der Waals surface area contributed by atoms with Crippen LogP contribution in [0.15, 0.2) is 28.0 Å². The van der Waals surface area contributed by atoms with Crippen molar-refractivity contribution in [1.29, 1.82) is 0 Å². The van der Waals surface area contributed by atoms with E-state index >= 15 is 0 Å². The van der Waals surface area contributed by atoms with Gasteiger partial charge < -0.3 is 10.8 Å². The maximum absolute atomic E-state index is 11.5. The molecule has 96 valence electrons. The summed E-state index contributed by atoms with van der Waals surface area (Å²) in [5, 5.41) is 8.93. The Kier molecular flexibility index (Phi) is 4.85. The molecule has 0 aliphatic heterocycles. The number of rotatable bonds is 5. The highest BCUT2D eigenvalue weighted by atomic mass is 32.2. The summed E-state index contributed by atoms with van der Waals surface area (Å²) >= 11 is 1.46. The van der Waals surface area contributed by atoms with Gasteiger partial charge in [0.15, 0.2) is 9.84 Å². The molecule has 0 heterocycles. The number of nitrogens with two attached hydrogens (primary N) is 1. The first-order valence-electron chi connectivity index (χ1n) is 5.18. The van der Waals surface area contributed by atoms with Crippen molar-refractivity contribution in [2.75, 3.05) is 24.3 Å². The minimum absolute atomic E-state index is 0.110. The van der Waals surface area contributed by atoms with Crippen LogP contribution in [0.25, 0.3) is 0 Å². The predicted octanol–water partition coefficient (Wildman–Crippen LogP) is 1.39. The summed E-state index contributed by atoms with van der Waals surface area (Å²) in [7, 11) is -3.29. The zero-order valence-corrected chi connectivity index (χ0v) is 11.5. The van der Waals surface area contributed by atoms with Gasteiger partial charge in [0, 0.05) is 23.5 Å². The molecule has 1 atom stereocenters. The van der Waals surface area contributed by atoms with Crippen LogP contribution < -0.4 is 5.73 Å². The van der Waals surface area contributed by atoms with Gasteiger partial charge in [-0.3, -0.25) is 0 Å². The molecule has 0 spiro atoms. The SMILES string of the molecule is CC(CO)CSc1cccc(S(C)(=O)=O)c1N. The highest BCUT2D eigenvalue weighted by Crippen LogP contribution is 2.31. The van der Waals surface area contributed by atoms with Crippen molar-refractivity contribution in [2.24, 2.45) is 5.92 Å². The summed E-state index contributed by atoms with van der Waals surface area (Å²) in [5.41, 5.74) is 6.13. The Morgan fingerprint density at radius 1 is 1.47 bits per heavy atom. The number of aliphatic hydroxyl groups excluding tert-OH is 1. The van der Waals surface area contributed by atoms with Crippen LogP contribution >= 0.6 is 11.8 Å². The molecule has 3 N–H and O–H groups in total. The van der Waals surface area contributed by atoms with Gasteiger partial charge in [-0.25, -0.2) is 8.42 Å². The maximum atomic E-state index is 11.5. The van der Waals surface area contributed by atoms with Gasteiger partial charge in [-0.2, -0.15) is 0 Å². The second-order valence-electron chi connectivity index (χ2n) is 4.04. The molecule has 0 aliphatic carbocycles. The first kappa shape index (κ1) is 14.3. The molecule has 1 unspecified atom stereocenters. The van der Waals surface area contributed by atoms with Crippen LogP contribution in [0.3, 0.4) is 0 Å². The number of para-hydroxylation sites is 1. The fourth-order valence-corrected chi connectivity index (χ4v) is 3.17. The van der Waals surface area contributed by atoms with E-state index in [1.807, 2.05) is 6.92 Å². The number of thioether (sulfide) groups is 1. The highest BCUT2D eigenvalue weighted by Gasteiger charge is 2.14. The molecule has 0 fully saturated rings. The standard InChI is InChI=1S/C11H17NO3S2/c1-8(6-13)7-16-9-4-3-5-10(11(9)12)17(2,14)15/h3-5,8,13H,6-7,12H2,1-2H3. The van der Waals surface area contributed by atoms with Gasteiger partial charge in [0.1, 0.15) is 0 Å². The van der Waals surface area contributed by atoms with Crippen LogP contribution in [-0.2, 0) is 9.84 Å². The van der Waals surface area contributed by atoms with E-state index in [1.165, 1.54) is 17.8 Å². The summed E-state index contributed by atoms with van der Waals surface area (Å²) in [6.07, 6.45) is 1.14. The zero-order chi connectivity index (χ0) is 13.1. The molecule has 0 saturated carbocycles. The lowest BCUT2D eigenvalue weighted by atomic mass is 10.2. The molecule has 1 aromatic rings. The molecule has 4 nitrogen and oxygen atoms in total. The zero-order valence-electron chi connectivity index (χ0n) is 9.88. The molecule has 17 heavy (non-hydrogen) atoms. The monoisotopic (exact) mass is 275 g/mol. The summed E-state index contributed by atoms with van der Waals surface area (Å²) in [6.45, 7) is 2.03. The second kappa shape index (κ2) is 5.75. The third-order valence-electron chi connectivity index (χ3n) is 2.26. The Bertz CT molecular complexity index is 485. The van der Waals surface area contributed by atoms with Crippen molar-refractivity contribution in [3.63, 3.8) is 0 Å². The Hall–Kier alpha value is -0.720. The van der Waals surface area contributed by atoms with Crippen LogP contribution in [0.2, 0.25) is 0 Å². The Morgan fingerprint density at radius 3 is 2.65 bits per heavy atom. The largest absolute Gasteiger partial charge is 0.397 e. The molecular formula is C11H17NO3S2. The third-order valence-corrected chi connectivity index (χ3v) is 4.82. The molecule has 6 heteroatoms. The Labute approximate surface area is 106 Å². The van der Waals surface area contributed by atoms with E-state index in [4.69, 9.17) is 10.8 Å². The fourth-order valence-electron chi connectivity index (χ4n) is 1.26. The maximum Gasteiger partial charge on any atom is 0.177 e. The molecular weight excluding hydrogens is 258 g/mol. The van der Waals surface area contributed by atoms with Gasteiger partial charge in [0.25, 0.3) is 0 Å². The van der Waals surface area contributed by atoms with Crippen LogP contribution in [0.1, 0.15) is 6.92 Å². The molecule has 0 saturated heterocycles. The van der Waals surface area contributed by atoms with Crippen LogP contribution in [-0.4, -0.2) is 32.1 Å². The normalized spacial score (nSPS) is 13.6. The summed E-state index contributed by atoms with van der Waals surface area (Å²) < 4.78 is 22.9. The van der Waals surface area contributed by atoms with E-state index in [0.29, 0.717) is 11.4 Å². The molecule has 1 aromatic carbocycles. The first-order chi connectivity index (χ1) is 7.86. The van der Waals surface area contributed by atoms with E-state index in [0.717, 1.165) is 11.2 Å². The minimum Gasteiger partial charge on any atom is -0.397 e. The van der Waals surface area contributed by atoms with Gasteiger partial charge in [-0.1, -0.05) is 13.0 Å². The quantitative estimate of drug-likeness (QED) is 0.627. The smallest absolute Gasteiger partial charge is 0.177 e. The lowest BCUT2D eigenvalue weighted by Gasteiger charge is -2.11. The number of anilines is 1. The summed E-state index contributed by atoms with van der Waals surface area (Å²) in [5.74, 6) is 0.856. The van der Waals surface area contributed by atoms with Crippen molar-refractivity contribution in [1.82, 2.24) is 0 Å². The van der Waals surface area contributed by atoms with Crippen LogP contribution in [0.5, 0.6) is 0 Å². The Balaban J connectivity index is 2.96. The van der Waals surface area contributed by atoms with E-state index in [9.17, 15) is 8.42 Å². The van der Waals surface area contributed by atoms with Gasteiger partial charge in [0.2, 0.25) is 0 Å². The van der Waals surface area contributed by atoms with Gasteiger partial charge in [-0.15, -0.1) is 11.8 Å². The molecule has 0 amide bonds. The van der Waals surface area contributed by atoms with Crippen LogP contribution in [0, 0.1) is 5.92 Å². The van der Waals surface area contributed by atoms with Gasteiger partial charge in [0.05, 0.1) is 10.6 Å². The molecule has 0 bridgehead atoms. The van der Waals surface area contributed by atoms with E-state index in [1.54, 1.807) is 12.1 Å². The second-order valence-corrected chi connectivity index (χ2v) is 7.08. The third kappa shape index (κ3) is 3.90. The van der Waals surface area contributed by atoms with E-state index in [2.05, 4.69) is 0 Å². The summed E-state index contributed by atoms with van der Waals surface area (Å²) in [4.78, 5) is 0.910. The predicted molar refractivity (Wildman–Crippen MR) is 70.9 cm³/mol. The number of nitrogen functional groups attached to an aromatic ring is 1. The number of hydrogen-bond donors (Lipinski definition) is 2. The van der Waals surface area contributed by atoms with Crippen LogP contribution in [0.4, 0.5) is 5.69 Å². The van der Waals surface area contributed by atoms with E-state index < -0.39 is 9.84 Å². The molecule has 1 rings (SSSR count). The van der Waals surface area contributed by atoms with E-state index in [-0.39, 0.29) is 17.4 Å². The number of aliphatic hydroxyl groups is 1. The van der Waals surface area contributed by atoms with Crippen molar-refractivity contribution in [3.05, 3.63) is 18.2 Å². The van der Waals surface area contributed by atoms with Crippen molar-refractivity contribution in [2.45, 2.75) is 16.7 Å². The van der Waals surface area contributed by atoms with Crippen molar-refractivity contribution >= 4 is 27.3 Å². The molecule has 0 aliphatic rings. The number of benzene rings is 1. The molecule has 0 aromatic heterocycles. The van der Waals surface area contributed by atoms with Gasteiger partial charge >= 0.3 is 0 Å². The van der Waals surface area contributed by atoms with Crippen molar-refractivity contribution < 1.29 is 13.5 Å². The lowest BCUT2D eigenvalue weighted by molar-refractivity contribution is 0.250. The topological polar surface area (TPSA) is 80.4 Å². The van der Waals surface area contributed by atoms with Crippen molar-refractivity contribution in [3.8, 4) is 0 Å².